The van der Waals surface area contributed by atoms with Gasteiger partial charge in [0.05, 0.1) is 31.5 Å². The number of benzene rings is 1. The van der Waals surface area contributed by atoms with Crippen LogP contribution in [0.15, 0.2) is 17.7 Å². The van der Waals surface area contributed by atoms with Crippen LogP contribution in [0.5, 0.6) is 5.75 Å². The van der Waals surface area contributed by atoms with Crippen LogP contribution in [0.25, 0.3) is 0 Å². The lowest BCUT2D eigenvalue weighted by molar-refractivity contribution is -0.0166. The molecule has 4 aliphatic carbocycles. The fourth-order valence-electron chi connectivity index (χ4n) is 8.04. The third-order valence-electron chi connectivity index (χ3n) is 9.67. The van der Waals surface area contributed by atoms with Crippen molar-refractivity contribution in [3.05, 3.63) is 40.0 Å². The summed E-state index contributed by atoms with van der Waals surface area (Å²) >= 11 is 0. The Morgan fingerprint density at radius 3 is 2.39 bits per heavy atom. The zero-order valence-corrected chi connectivity index (χ0v) is 19.9. The number of carbonyl (C=O) groups excluding carboxylic acids is 2. The van der Waals surface area contributed by atoms with E-state index in [4.69, 9.17) is 9.47 Å². The maximum Gasteiger partial charge on any atom is 0.339 e. The molecule has 0 aromatic heterocycles. The molecule has 0 aliphatic heterocycles. The molecule has 0 amide bonds. The highest BCUT2D eigenvalue weighted by Crippen LogP contribution is 2.65. The molecule has 6 heteroatoms. The van der Waals surface area contributed by atoms with E-state index in [1.165, 1.54) is 25.9 Å². The van der Waals surface area contributed by atoms with E-state index < -0.39 is 11.9 Å². The van der Waals surface area contributed by atoms with Gasteiger partial charge in [-0.25, -0.2) is 9.59 Å². The predicted molar refractivity (Wildman–Crippen MR) is 122 cm³/mol. The molecule has 0 bridgehead atoms. The lowest BCUT2D eigenvalue weighted by Crippen LogP contribution is -2.51. The monoisotopic (exact) mass is 454 g/mol. The normalized spacial score (nSPS) is 36.6. The minimum Gasteiger partial charge on any atom is -0.508 e. The van der Waals surface area contributed by atoms with Crippen molar-refractivity contribution >= 4 is 11.9 Å². The lowest BCUT2D eigenvalue weighted by atomic mass is 9.47. The first-order valence-electron chi connectivity index (χ1n) is 12.1. The van der Waals surface area contributed by atoms with Crippen molar-refractivity contribution in [1.82, 2.24) is 0 Å². The Labute approximate surface area is 195 Å². The van der Waals surface area contributed by atoms with E-state index in [0.717, 1.165) is 49.7 Å². The molecule has 0 saturated heterocycles. The van der Waals surface area contributed by atoms with E-state index in [1.807, 2.05) is 0 Å². The molecule has 2 N–H and O–H groups in total. The molecule has 0 heterocycles. The van der Waals surface area contributed by atoms with Crippen LogP contribution in [0.1, 0.15) is 84.2 Å². The second kappa shape index (κ2) is 7.59. The SMILES string of the molecule is COC(=O)c1cc(O)c2c(c1C(=O)OC)C[C@H]1[C@H]3CC=C4C[C@@H](O)CC[C@]4(C)[C@H]3CC[C@]21C. The zero-order valence-electron chi connectivity index (χ0n) is 19.9. The number of phenolic OH excluding ortho intramolecular Hbond substituents is 1. The number of ether oxygens (including phenoxy) is 2. The van der Waals surface area contributed by atoms with Crippen LogP contribution in [0.4, 0.5) is 0 Å². The van der Waals surface area contributed by atoms with Gasteiger partial charge in [0, 0.05) is 5.56 Å². The van der Waals surface area contributed by atoms with Crippen LogP contribution in [0, 0.1) is 23.2 Å². The summed E-state index contributed by atoms with van der Waals surface area (Å²) in [4.78, 5) is 25.3. The van der Waals surface area contributed by atoms with Gasteiger partial charge in [-0.05, 0) is 85.2 Å². The first-order chi connectivity index (χ1) is 15.7. The van der Waals surface area contributed by atoms with Crippen LogP contribution < -0.4 is 0 Å². The molecule has 0 unspecified atom stereocenters. The molecule has 2 saturated carbocycles. The molecule has 6 nitrogen and oxygen atoms in total. The van der Waals surface area contributed by atoms with Crippen LogP contribution in [0.3, 0.4) is 0 Å². The largest absolute Gasteiger partial charge is 0.508 e. The van der Waals surface area contributed by atoms with Gasteiger partial charge in [0.1, 0.15) is 5.75 Å². The maximum absolute atomic E-state index is 12.8. The van der Waals surface area contributed by atoms with Crippen molar-refractivity contribution in [1.29, 1.82) is 0 Å². The number of carbonyl (C=O) groups is 2. The standard InChI is InChI=1S/C27H34O6/c1-26-9-7-15(28)11-14(26)5-6-16-19(26)8-10-27(2)20(16)12-17-22(25(31)33-4)18(24(30)32-3)13-21(29)23(17)27/h5,13,15-16,19-20,28-29H,6-12H2,1-4H3/t15-,16-,19-,20-,26-,27-/m0/s1. The Balaban J connectivity index is 1.62. The molecule has 2 fully saturated rings. The van der Waals surface area contributed by atoms with Gasteiger partial charge in [-0.15, -0.1) is 0 Å². The van der Waals surface area contributed by atoms with Gasteiger partial charge in [0.15, 0.2) is 0 Å². The van der Waals surface area contributed by atoms with E-state index in [9.17, 15) is 19.8 Å². The number of aliphatic hydroxyl groups excluding tert-OH is 1. The van der Waals surface area contributed by atoms with Crippen molar-refractivity contribution in [3.63, 3.8) is 0 Å². The maximum atomic E-state index is 12.8. The molecule has 33 heavy (non-hydrogen) atoms. The summed E-state index contributed by atoms with van der Waals surface area (Å²) in [5.74, 6) is 0.0534. The minimum absolute atomic E-state index is 0.0680. The topological polar surface area (TPSA) is 93.1 Å². The third kappa shape index (κ3) is 3.02. The second-order valence-electron chi connectivity index (χ2n) is 11.0. The van der Waals surface area contributed by atoms with Crippen molar-refractivity contribution in [2.45, 2.75) is 70.3 Å². The Kier molecular flexibility index (Phi) is 5.16. The fraction of sp³-hybridized carbons (Fsp3) is 0.630. The summed E-state index contributed by atoms with van der Waals surface area (Å²) in [5, 5.41) is 21.3. The van der Waals surface area contributed by atoms with Gasteiger partial charge in [-0.2, -0.15) is 0 Å². The Morgan fingerprint density at radius 1 is 1.00 bits per heavy atom. The highest BCUT2D eigenvalue weighted by Gasteiger charge is 2.58. The molecule has 1 aromatic carbocycles. The fourth-order valence-corrected chi connectivity index (χ4v) is 8.04. The number of aliphatic hydroxyl groups is 1. The van der Waals surface area contributed by atoms with Gasteiger partial charge in [-0.3, -0.25) is 0 Å². The van der Waals surface area contributed by atoms with Crippen LogP contribution >= 0.6 is 0 Å². The van der Waals surface area contributed by atoms with Gasteiger partial charge in [0.2, 0.25) is 0 Å². The molecule has 178 valence electrons. The summed E-state index contributed by atoms with van der Waals surface area (Å²) in [7, 11) is 2.58. The van der Waals surface area contributed by atoms with E-state index in [2.05, 4.69) is 19.9 Å². The van der Waals surface area contributed by atoms with Gasteiger partial charge in [0.25, 0.3) is 0 Å². The van der Waals surface area contributed by atoms with Gasteiger partial charge < -0.3 is 19.7 Å². The number of phenols is 1. The van der Waals surface area contributed by atoms with E-state index in [0.29, 0.717) is 18.3 Å². The summed E-state index contributed by atoms with van der Waals surface area (Å²) in [6, 6.07) is 1.39. The van der Waals surface area contributed by atoms with Gasteiger partial charge in [-0.1, -0.05) is 25.5 Å². The lowest BCUT2D eigenvalue weighted by Gasteiger charge is -2.57. The van der Waals surface area contributed by atoms with Crippen LogP contribution in [0.2, 0.25) is 0 Å². The first kappa shape index (κ1) is 22.5. The van der Waals surface area contributed by atoms with E-state index >= 15 is 0 Å². The number of aromatic hydroxyl groups is 1. The molecule has 4 aliphatic rings. The van der Waals surface area contributed by atoms with E-state index in [-0.39, 0.29) is 39.7 Å². The highest BCUT2D eigenvalue weighted by atomic mass is 16.5. The van der Waals surface area contributed by atoms with Crippen molar-refractivity contribution < 1.29 is 29.3 Å². The average molecular weight is 455 g/mol. The molecule has 0 radical (unpaired) electrons. The summed E-state index contributed by atoms with van der Waals surface area (Å²) < 4.78 is 9.98. The Hall–Kier alpha value is -2.34. The van der Waals surface area contributed by atoms with Gasteiger partial charge >= 0.3 is 11.9 Å². The molecular weight excluding hydrogens is 420 g/mol. The average Bonchev–Trinajstić information content (AvgIpc) is 3.12. The minimum atomic E-state index is -0.648. The molecule has 6 atom stereocenters. The second-order valence-corrected chi connectivity index (χ2v) is 11.0. The number of hydrogen-bond donors (Lipinski definition) is 2. The number of fused-ring (bicyclic) bond motifs is 7. The Morgan fingerprint density at radius 2 is 1.70 bits per heavy atom. The number of hydrogen-bond acceptors (Lipinski definition) is 6. The molecule has 1 aromatic rings. The summed E-state index contributed by atoms with van der Waals surface area (Å²) in [6.07, 6.45) is 8.30. The van der Waals surface area contributed by atoms with Crippen LogP contribution in [-0.2, 0) is 21.3 Å². The number of rotatable bonds is 2. The molecule has 5 rings (SSSR count). The molecular formula is C27H34O6. The van der Waals surface area contributed by atoms with Crippen molar-refractivity contribution in [3.8, 4) is 5.75 Å². The van der Waals surface area contributed by atoms with Crippen LogP contribution in [-0.4, -0.2) is 42.5 Å². The first-order valence-corrected chi connectivity index (χ1v) is 12.1. The van der Waals surface area contributed by atoms with E-state index in [1.54, 1.807) is 0 Å². The van der Waals surface area contributed by atoms with Crippen molar-refractivity contribution in [2.24, 2.45) is 23.2 Å². The number of esters is 2. The zero-order chi connectivity index (χ0) is 23.7. The number of methoxy groups -OCH3 is 2. The number of allylic oxidation sites excluding steroid dienone is 1. The summed E-state index contributed by atoms with van der Waals surface area (Å²) in [5.41, 5.74) is 3.10. The smallest absolute Gasteiger partial charge is 0.339 e. The molecule has 0 spiro atoms. The van der Waals surface area contributed by atoms with Crippen molar-refractivity contribution in [2.75, 3.05) is 14.2 Å². The quantitative estimate of drug-likeness (QED) is 0.511. The summed E-state index contributed by atoms with van der Waals surface area (Å²) in [6.45, 7) is 4.59. The third-order valence-corrected chi connectivity index (χ3v) is 9.67. The predicted octanol–water partition coefficient (Wildman–Crippen LogP) is 4.30. The highest BCUT2D eigenvalue weighted by molar-refractivity contribution is 6.05. The Bertz CT molecular complexity index is 1060.